The molecule has 8 heteroatoms. The van der Waals surface area contributed by atoms with E-state index in [9.17, 15) is 19.3 Å². The van der Waals surface area contributed by atoms with Gasteiger partial charge in [-0.25, -0.2) is 4.39 Å². The first kappa shape index (κ1) is 18.3. The van der Waals surface area contributed by atoms with Crippen LogP contribution in [-0.2, 0) is 11.3 Å². The van der Waals surface area contributed by atoms with Crippen LogP contribution in [0.1, 0.15) is 18.4 Å². The molecule has 0 aromatic heterocycles. The summed E-state index contributed by atoms with van der Waals surface area (Å²) in [6, 6.07) is 10.8. The van der Waals surface area contributed by atoms with Crippen molar-refractivity contribution >= 4 is 28.9 Å². The zero-order valence-corrected chi connectivity index (χ0v) is 14.6. The Hall–Kier alpha value is -2.51. The summed E-state index contributed by atoms with van der Waals surface area (Å²) in [5, 5.41) is 14.0. The number of amides is 1. The van der Waals surface area contributed by atoms with Gasteiger partial charge in [-0.2, -0.15) is 0 Å². The van der Waals surface area contributed by atoms with Crippen LogP contribution in [0.3, 0.4) is 0 Å². The summed E-state index contributed by atoms with van der Waals surface area (Å²) in [4.78, 5) is 23.9. The number of nitro benzene ring substituents is 1. The summed E-state index contributed by atoms with van der Waals surface area (Å²) < 4.78 is 13.9. The molecule has 1 fully saturated rings. The number of carbonyl (C=O) groups is 1. The standard InChI is InChI=1S/C18H17ClFN3O3/c19-13-5-8-17(23(25)26)16(9-13)21-18(24)11-22(14-6-7-14)10-12-3-1-2-4-15(12)20/h1-5,8-9,14H,6-7,10-11H2,(H,21,24)/p+1. The van der Waals surface area contributed by atoms with E-state index >= 15 is 0 Å². The maximum atomic E-state index is 13.9. The molecule has 0 heterocycles. The van der Waals surface area contributed by atoms with Crippen LogP contribution in [0.5, 0.6) is 0 Å². The minimum absolute atomic E-state index is 0.0635. The van der Waals surface area contributed by atoms with Crippen molar-refractivity contribution < 1.29 is 19.0 Å². The summed E-state index contributed by atoms with van der Waals surface area (Å²) in [7, 11) is 0. The number of anilines is 1. The molecule has 0 spiro atoms. The van der Waals surface area contributed by atoms with E-state index in [1.807, 2.05) is 0 Å². The minimum Gasteiger partial charge on any atom is -0.321 e. The highest BCUT2D eigenvalue weighted by Crippen LogP contribution is 2.27. The van der Waals surface area contributed by atoms with Gasteiger partial charge in [0.25, 0.3) is 11.6 Å². The SMILES string of the molecule is O=C(C[NH+](Cc1ccccc1F)C1CC1)Nc1cc(Cl)ccc1[N+](=O)[O-]. The van der Waals surface area contributed by atoms with Crippen LogP contribution in [-0.4, -0.2) is 23.4 Å². The van der Waals surface area contributed by atoms with Gasteiger partial charge >= 0.3 is 0 Å². The molecule has 0 aliphatic heterocycles. The first-order chi connectivity index (χ1) is 12.4. The van der Waals surface area contributed by atoms with E-state index in [0.29, 0.717) is 23.2 Å². The molecule has 0 bridgehead atoms. The monoisotopic (exact) mass is 378 g/mol. The lowest BCUT2D eigenvalue weighted by atomic mass is 10.2. The average molecular weight is 379 g/mol. The Labute approximate surface area is 154 Å². The largest absolute Gasteiger partial charge is 0.321 e. The molecule has 2 aromatic rings. The van der Waals surface area contributed by atoms with Crippen molar-refractivity contribution in [3.8, 4) is 0 Å². The molecule has 136 valence electrons. The number of halogens is 2. The van der Waals surface area contributed by atoms with E-state index in [2.05, 4.69) is 5.32 Å². The fourth-order valence-electron chi connectivity index (χ4n) is 2.90. The minimum atomic E-state index is -0.573. The number of hydrogen-bond donors (Lipinski definition) is 2. The number of hydrogen-bond acceptors (Lipinski definition) is 3. The number of nitro groups is 1. The Kier molecular flexibility index (Phi) is 5.49. The molecular formula is C18H18ClFN3O3+. The number of carbonyl (C=O) groups excluding carboxylic acids is 1. The van der Waals surface area contributed by atoms with Gasteiger partial charge < -0.3 is 10.2 Å². The van der Waals surface area contributed by atoms with Crippen molar-refractivity contribution in [3.63, 3.8) is 0 Å². The molecule has 1 saturated carbocycles. The quantitative estimate of drug-likeness (QED) is 0.574. The maximum absolute atomic E-state index is 13.9. The lowest BCUT2D eigenvalue weighted by Crippen LogP contribution is -3.13. The molecule has 1 atom stereocenters. The van der Waals surface area contributed by atoms with E-state index < -0.39 is 4.92 Å². The summed E-state index contributed by atoms with van der Waals surface area (Å²) in [6.45, 7) is 0.491. The van der Waals surface area contributed by atoms with Crippen molar-refractivity contribution in [2.45, 2.75) is 25.4 Å². The Morgan fingerprint density at radius 2 is 2.04 bits per heavy atom. The van der Waals surface area contributed by atoms with Gasteiger partial charge in [-0.3, -0.25) is 14.9 Å². The highest BCUT2D eigenvalue weighted by molar-refractivity contribution is 6.31. The Morgan fingerprint density at radius 3 is 2.69 bits per heavy atom. The number of rotatable bonds is 7. The van der Waals surface area contributed by atoms with Gasteiger partial charge in [-0.1, -0.05) is 29.8 Å². The van der Waals surface area contributed by atoms with Crippen molar-refractivity contribution in [1.29, 1.82) is 0 Å². The third-order valence-electron chi connectivity index (χ3n) is 4.35. The summed E-state index contributed by atoms with van der Waals surface area (Å²) in [5.41, 5.74) is 0.398. The van der Waals surface area contributed by atoms with Crippen LogP contribution < -0.4 is 10.2 Å². The maximum Gasteiger partial charge on any atom is 0.292 e. The van der Waals surface area contributed by atoms with Crippen LogP contribution in [0.4, 0.5) is 15.8 Å². The third-order valence-corrected chi connectivity index (χ3v) is 4.58. The Bertz CT molecular complexity index is 842. The van der Waals surface area contributed by atoms with E-state index in [4.69, 9.17) is 11.6 Å². The third kappa shape index (κ3) is 4.56. The van der Waals surface area contributed by atoms with Crippen molar-refractivity contribution in [3.05, 3.63) is 69.0 Å². The first-order valence-corrected chi connectivity index (χ1v) is 8.63. The molecule has 0 saturated heterocycles. The molecular weight excluding hydrogens is 361 g/mol. The van der Waals surface area contributed by atoms with Crippen molar-refractivity contribution in [1.82, 2.24) is 0 Å². The van der Waals surface area contributed by atoms with Crippen molar-refractivity contribution in [2.75, 3.05) is 11.9 Å². The highest BCUT2D eigenvalue weighted by atomic mass is 35.5. The van der Waals surface area contributed by atoms with Crippen LogP contribution in [0.2, 0.25) is 5.02 Å². The lowest BCUT2D eigenvalue weighted by Gasteiger charge is -2.19. The Morgan fingerprint density at radius 1 is 1.31 bits per heavy atom. The van der Waals surface area contributed by atoms with Crippen LogP contribution in [0, 0.1) is 15.9 Å². The summed E-state index contributed by atoms with van der Waals surface area (Å²) in [5.74, 6) is -0.662. The van der Waals surface area contributed by atoms with Gasteiger partial charge in [0, 0.05) is 29.5 Å². The molecule has 26 heavy (non-hydrogen) atoms. The van der Waals surface area contributed by atoms with E-state index in [1.54, 1.807) is 18.2 Å². The smallest absolute Gasteiger partial charge is 0.292 e. The second-order valence-electron chi connectivity index (χ2n) is 6.34. The predicted molar refractivity (Wildman–Crippen MR) is 95.7 cm³/mol. The molecule has 2 aromatic carbocycles. The highest BCUT2D eigenvalue weighted by Gasteiger charge is 2.35. The summed E-state index contributed by atoms with van der Waals surface area (Å²) in [6.07, 6.45) is 1.96. The van der Waals surface area contributed by atoms with Crippen LogP contribution in [0.15, 0.2) is 42.5 Å². The van der Waals surface area contributed by atoms with Gasteiger partial charge in [-0.15, -0.1) is 0 Å². The van der Waals surface area contributed by atoms with E-state index in [-0.39, 0.29) is 29.6 Å². The molecule has 1 aliphatic carbocycles. The first-order valence-electron chi connectivity index (χ1n) is 8.26. The number of benzene rings is 2. The molecule has 1 aliphatic rings. The zero-order valence-electron chi connectivity index (χ0n) is 13.9. The molecule has 2 N–H and O–H groups in total. The van der Waals surface area contributed by atoms with Crippen LogP contribution >= 0.6 is 11.6 Å². The van der Waals surface area contributed by atoms with E-state index in [1.165, 1.54) is 24.3 Å². The topological polar surface area (TPSA) is 76.7 Å². The van der Waals surface area contributed by atoms with Crippen molar-refractivity contribution in [2.24, 2.45) is 0 Å². The molecule has 1 unspecified atom stereocenters. The normalized spacial score (nSPS) is 14.7. The average Bonchev–Trinajstić information content (AvgIpc) is 3.41. The second-order valence-corrected chi connectivity index (χ2v) is 6.78. The van der Waals surface area contributed by atoms with Gasteiger partial charge in [-0.05, 0) is 18.2 Å². The zero-order chi connectivity index (χ0) is 18.7. The fourth-order valence-corrected chi connectivity index (χ4v) is 3.07. The van der Waals surface area contributed by atoms with E-state index in [0.717, 1.165) is 17.7 Å². The molecule has 6 nitrogen and oxygen atoms in total. The molecule has 0 radical (unpaired) electrons. The second kappa shape index (κ2) is 7.80. The van der Waals surface area contributed by atoms with Gasteiger partial charge in [0.15, 0.2) is 6.54 Å². The van der Waals surface area contributed by atoms with Gasteiger partial charge in [0.2, 0.25) is 0 Å². The Balaban J connectivity index is 1.71. The summed E-state index contributed by atoms with van der Waals surface area (Å²) >= 11 is 5.88. The van der Waals surface area contributed by atoms with Gasteiger partial charge in [0.1, 0.15) is 18.0 Å². The van der Waals surface area contributed by atoms with Gasteiger partial charge in [0.05, 0.1) is 11.0 Å². The lowest BCUT2D eigenvalue weighted by molar-refractivity contribution is -0.917. The van der Waals surface area contributed by atoms with Crippen LogP contribution in [0.25, 0.3) is 0 Å². The predicted octanol–water partition coefficient (Wildman–Crippen LogP) is 2.57. The molecule has 3 rings (SSSR count). The number of quaternary nitrogens is 1. The number of nitrogens with one attached hydrogen (secondary N) is 2. The molecule has 1 amide bonds. The fraction of sp³-hybridized carbons (Fsp3) is 0.278. The number of nitrogens with zero attached hydrogens (tertiary/aromatic N) is 1.